The minimum atomic E-state index is -0.554. The fourth-order valence-corrected chi connectivity index (χ4v) is 3.28. The zero-order valence-corrected chi connectivity index (χ0v) is 14.1. The molecular weight excluding hydrogens is 324 g/mol. The maximum Gasteiger partial charge on any atom is 0.217 e. The van der Waals surface area contributed by atoms with Crippen molar-refractivity contribution >= 4 is 5.91 Å². The van der Waals surface area contributed by atoms with Crippen LogP contribution in [0.4, 0.5) is 8.78 Å². The topological polar surface area (TPSA) is 45.2 Å². The molecule has 0 aliphatic carbocycles. The van der Waals surface area contributed by atoms with E-state index in [-0.39, 0.29) is 11.9 Å². The summed E-state index contributed by atoms with van der Waals surface area (Å²) in [5.74, 6) is -1.20. The third-order valence-corrected chi connectivity index (χ3v) is 4.36. The van der Waals surface area contributed by atoms with Crippen LogP contribution in [0.15, 0.2) is 36.4 Å². The fourth-order valence-electron chi connectivity index (χ4n) is 3.28. The monoisotopic (exact) mass is 345 g/mol. The summed E-state index contributed by atoms with van der Waals surface area (Å²) in [4.78, 5) is 17.9. The number of benzene rings is 1. The van der Waals surface area contributed by atoms with Crippen LogP contribution < -0.4 is 5.32 Å². The number of hydrogen-bond donors (Lipinski definition) is 1. The highest BCUT2D eigenvalue weighted by Gasteiger charge is 2.27. The first-order valence-electron chi connectivity index (χ1n) is 8.40. The quantitative estimate of drug-likeness (QED) is 0.904. The van der Waals surface area contributed by atoms with Gasteiger partial charge in [-0.1, -0.05) is 6.07 Å². The predicted octanol–water partition coefficient (Wildman–Crippen LogP) is 3.33. The van der Waals surface area contributed by atoms with E-state index in [9.17, 15) is 13.6 Å². The van der Waals surface area contributed by atoms with Crippen LogP contribution in [0.3, 0.4) is 0 Å². The van der Waals surface area contributed by atoms with Crippen LogP contribution in [-0.2, 0) is 17.9 Å². The van der Waals surface area contributed by atoms with Gasteiger partial charge in [0.1, 0.15) is 11.6 Å². The van der Waals surface area contributed by atoms with Gasteiger partial charge in [-0.2, -0.15) is 0 Å². The van der Waals surface area contributed by atoms with Crippen molar-refractivity contribution in [3.05, 3.63) is 65.0 Å². The van der Waals surface area contributed by atoms with Crippen molar-refractivity contribution in [1.82, 2.24) is 15.2 Å². The molecule has 0 spiro atoms. The van der Waals surface area contributed by atoms with Gasteiger partial charge in [-0.25, -0.2) is 8.78 Å². The molecule has 4 nitrogen and oxygen atoms in total. The van der Waals surface area contributed by atoms with E-state index in [0.29, 0.717) is 18.7 Å². The van der Waals surface area contributed by atoms with E-state index in [1.807, 2.05) is 18.2 Å². The molecule has 1 aromatic heterocycles. The minimum Gasteiger partial charge on any atom is -0.351 e. The molecule has 6 heteroatoms. The Morgan fingerprint density at radius 3 is 2.76 bits per heavy atom. The number of halogens is 2. The fraction of sp³-hybridized carbons (Fsp3) is 0.368. The average molecular weight is 345 g/mol. The summed E-state index contributed by atoms with van der Waals surface area (Å²) in [5, 5.41) is 2.74. The Morgan fingerprint density at radius 2 is 2.04 bits per heavy atom. The van der Waals surface area contributed by atoms with E-state index in [1.165, 1.54) is 19.1 Å². The molecule has 1 N–H and O–H groups in total. The minimum absolute atomic E-state index is 0.0946. The number of hydrogen-bond acceptors (Lipinski definition) is 3. The molecule has 25 heavy (non-hydrogen) atoms. The van der Waals surface area contributed by atoms with Gasteiger partial charge in [0.2, 0.25) is 5.91 Å². The van der Waals surface area contributed by atoms with Crippen LogP contribution >= 0.6 is 0 Å². The van der Waals surface area contributed by atoms with Crippen molar-refractivity contribution in [2.45, 2.75) is 38.9 Å². The van der Waals surface area contributed by atoms with Gasteiger partial charge in [0.05, 0.1) is 24.0 Å². The van der Waals surface area contributed by atoms with Crippen LogP contribution in [0, 0.1) is 11.6 Å². The number of pyridine rings is 1. The van der Waals surface area contributed by atoms with Gasteiger partial charge in [0.25, 0.3) is 0 Å². The number of nitrogens with zero attached hydrogens (tertiary/aromatic N) is 2. The number of nitrogens with one attached hydrogen (secondary N) is 1. The van der Waals surface area contributed by atoms with Crippen LogP contribution in [-0.4, -0.2) is 22.3 Å². The molecule has 1 amide bonds. The average Bonchev–Trinajstić information content (AvgIpc) is 3.00. The molecule has 1 aromatic carbocycles. The second-order valence-electron chi connectivity index (χ2n) is 6.37. The predicted molar refractivity (Wildman–Crippen MR) is 90.5 cm³/mol. The molecular formula is C19H21F2N3O. The first-order chi connectivity index (χ1) is 12.0. The SMILES string of the molecule is CC(=O)NCc1cccc([C@H]2CCCN2Cc2cc(F)cc(F)c2)n1. The Labute approximate surface area is 145 Å². The largest absolute Gasteiger partial charge is 0.351 e. The Balaban J connectivity index is 1.75. The molecule has 1 saturated heterocycles. The van der Waals surface area contributed by atoms with Gasteiger partial charge in [0.15, 0.2) is 0 Å². The molecule has 132 valence electrons. The lowest BCUT2D eigenvalue weighted by atomic mass is 10.1. The first-order valence-corrected chi connectivity index (χ1v) is 8.40. The summed E-state index contributed by atoms with van der Waals surface area (Å²) >= 11 is 0. The number of amides is 1. The van der Waals surface area contributed by atoms with E-state index >= 15 is 0 Å². The molecule has 1 atom stereocenters. The van der Waals surface area contributed by atoms with Crippen LogP contribution in [0.1, 0.15) is 42.8 Å². The normalized spacial score (nSPS) is 17.6. The maximum atomic E-state index is 13.4. The van der Waals surface area contributed by atoms with Crippen molar-refractivity contribution in [3.8, 4) is 0 Å². The smallest absolute Gasteiger partial charge is 0.217 e. The van der Waals surface area contributed by atoms with E-state index in [4.69, 9.17) is 0 Å². The number of rotatable bonds is 5. The van der Waals surface area contributed by atoms with E-state index in [2.05, 4.69) is 15.2 Å². The Morgan fingerprint density at radius 1 is 1.28 bits per heavy atom. The van der Waals surface area contributed by atoms with Crippen molar-refractivity contribution < 1.29 is 13.6 Å². The Kier molecular flexibility index (Phi) is 5.38. The summed E-state index contributed by atoms with van der Waals surface area (Å²) < 4.78 is 26.8. The standard InChI is InChI=1S/C19H21F2N3O/c1-13(25)22-11-17-4-2-5-18(23-17)19-6-3-7-24(19)12-14-8-15(20)10-16(21)9-14/h2,4-5,8-10,19H,3,6-7,11-12H2,1H3,(H,22,25)/t19-/m1/s1. The highest BCUT2D eigenvalue weighted by Crippen LogP contribution is 2.32. The van der Waals surface area contributed by atoms with Gasteiger partial charge in [-0.05, 0) is 49.2 Å². The lowest BCUT2D eigenvalue weighted by Crippen LogP contribution is -2.24. The molecule has 0 saturated carbocycles. The third kappa shape index (κ3) is 4.60. The van der Waals surface area contributed by atoms with Crippen LogP contribution in [0.5, 0.6) is 0 Å². The highest BCUT2D eigenvalue weighted by molar-refractivity contribution is 5.72. The lowest BCUT2D eigenvalue weighted by Gasteiger charge is -2.24. The second kappa shape index (κ2) is 7.70. The molecule has 0 unspecified atom stereocenters. The summed E-state index contributed by atoms with van der Waals surface area (Å²) in [6.07, 6.45) is 1.97. The van der Waals surface area contributed by atoms with Gasteiger partial charge in [-0.3, -0.25) is 14.7 Å². The number of likely N-dealkylation sites (tertiary alicyclic amines) is 1. The van der Waals surface area contributed by atoms with Crippen molar-refractivity contribution in [2.75, 3.05) is 6.54 Å². The van der Waals surface area contributed by atoms with Crippen molar-refractivity contribution in [2.24, 2.45) is 0 Å². The molecule has 1 fully saturated rings. The number of carbonyl (C=O) groups is 1. The van der Waals surface area contributed by atoms with Gasteiger partial charge < -0.3 is 5.32 Å². The van der Waals surface area contributed by atoms with Crippen molar-refractivity contribution in [3.63, 3.8) is 0 Å². The Bertz CT molecular complexity index is 746. The maximum absolute atomic E-state index is 13.4. The number of aromatic nitrogens is 1. The number of carbonyl (C=O) groups excluding carboxylic acids is 1. The molecule has 1 aliphatic heterocycles. The Hall–Kier alpha value is -2.34. The third-order valence-electron chi connectivity index (χ3n) is 4.36. The van der Waals surface area contributed by atoms with E-state index in [0.717, 1.165) is 36.8 Å². The summed E-state index contributed by atoms with van der Waals surface area (Å²) in [6, 6.07) is 9.52. The summed E-state index contributed by atoms with van der Waals surface area (Å²) in [7, 11) is 0. The van der Waals surface area contributed by atoms with Gasteiger partial charge in [-0.15, -0.1) is 0 Å². The van der Waals surface area contributed by atoms with Gasteiger partial charge in [0, 0.05) is 19.5 Å². The van der Waals surface area contributed by atoms with E-state index < -0.39 is 11.6 Å². The van der Waals surface area contributed by atoms with Gasteiger partial charge >= 0.3 is 0 Å². The molecule has 1 aliphatic rings. The summed E-state index contributed by atoms with van der Waals surface area (Å²) in [5.41, 5.74) is 2.35. The molecule has 2 heterocycles. The second-order valence-corrected chi connectivity index (χ2v) is 6.37. The van der Waals surface area contributed by atoms with Crippen LogP contribution in [0.25, 0.3) is 0 Å². The zero-order chi connectivity index (χ0) is 17.8. The first kappa shape index (κ1) is 17.5. The lowest BCUT2D eigenvalue weighted by molar-refractivity contribution is -0.119. The molecule has 0 radical (unpaired) electrons. The van der Waals surface area contributed by atoms with Crippen LogP contribution in [0.2, 0.25) is 0 Å². The highest BCUT2D eigenvalue weighted by atomic mass is 19.1. The zero-order valence-electron chi connectivity index (χ0n) is 14.1. The molecule has 0 bridgehead atoms. The van der Waals surface area contributed by atoms with E-state index in [1.54, 1.807) is 0 Å². The molecule has 2 aromatic rings. The summed E-state index contributed by atoms with van der Waals surface area (Å²) in [6.45, 7) is 3.21. The van der Waals surface area contributed by atoms with Crippen molar-refractivity contribution in [1.29, 1.82) is 0 Å². The molecule has 3 rings (SSSR count).